The zero-order valence-electron chi connectivity index (χ0n) is 32.0. The summed E-state index contributed by atoms with van der Waals surface area (Å²) in [5, 5.41) is 0. The van der Waals surface area contributed by atoms with Gasteiger partial charge in [0, 0.05) is 55.9 Å². The van der Waals surface area contributed by atoms with Gasteiger partial charge in [-0.05, 0) is 48.5 Å². The van der Waals surface area contributed by atoms with Crippen molar-refractivity contribution in [2.75, 3.05) is 6.54 Å². The van der Waals surface area contributed by atoms with E-state index in [9.17, 15) is 28.8 Å². The first-order valence-electron chi connectivity index (χ1n) is 19.0. The Balaban J connectivity index is 2.09. The predicted octanol–water partition coefficient (Wildman–Crippen LogP) is 8.75. The minimum absolute atomic E-state index is 0.0158. The van der Waals surface area contributed by atoms with Gasteiger partial charge in [0.25, 0.3) is 0 Å². The number of amides is 1. The molecular formula is C42H65NO6. The quantitative estimate of drug-likeness (QED) is 0.114. The van der Waals surface area contributed by atoms with Crippen molar-refractivity contribution in [1.29, 1.82) is 0 Å². The molecule has 2 rings (SSSR count). The number of hydrogen-bond donors (Lipinski definition) is 0. The van der Waals surface area contributed by atoms with E-state index in [0.717, 1.165) is 37.7 Å². The number of carbonyl (C=O) groups excluding carboxylic acids is 6. The molecule has 1 heterocycles. The molecule has 1 aliphatic rings. The zero-order valence-corrected chi connectivity index (χ0v) is 32.0. The summed E-state index contributed by atoms with van der Waals surface area (Å²) in [4.78, 5) is 82.2. The molecule has 0 N–H and O–H groups in total. The van der Waals surface area contributed by atoms with Crippen LogP contribution in [0.1, 0.15) is 151 Å². The molecule has 1 saturated heterocycles. The third-order valence-corrected chi connectivity index (χ3v) is 10.7. The molecule has 0 aromatic heterocycles. The van der Waals surface area contributed by atoms with Crippen molar-refractivity contribution in [2.24, 2.45) is 35.0 Å². The topological polar surface area (TPSA) is 106 Å². The number of ketones is 5. The van der Waals surface area contributed by atoms with Crippen LogP contribution in [0.5, 0.6) is 0 Å². The fraction of sp³-hybridized carbons (Fsp3) is 0.714. The van der Waals surface area contributed by atoms with E-state index < -0.39 is 29.4 Å². The maximum absolute atomic E-state index is 14.0. The maximum Gasteiger partial charge on any atom is 0.226 e. The van der Waals surface area contributed by atoms with Gasteiger partial charge in [0.05, 0.1) is 6.04 Å². The molecule has 1 aromatic rings. The smallest absolute Gasteiger partial charge is 0.226 e. The molecule has 0 spiro atoms. The van der Waals surface area contributed by atoms with Crippen molar-refractivity contribution in [3.05, 3.63) is 35.9 Å². The fourth-order valence-electron chi connectivity index (χ4n) is 7.03. The van der Waals surface area contributed by atoms with Crippen LogP contribution < -0.4 is 0 Å². The summed E-state index contributed by atoms with van der Waals surface area (Å²) in [5.74, 6) is -2.27. The number of Topliss-reactive ketones (excluding diaryl/α,β-unsaturated/α-hetero) is 5. The van der Waals surface area contributed by atoms with Gasteiger partial charge in [-0.25, -0.2) is 0 Å². The minimum atomic E-state index is -0.761. The van der Waals surface area contributed by atoms with E-state index >= 15 is 0 Å². The molecule has 0 bridgehead atoms. The van der Waals surface area contributed by atoms with E-state index in [1.54, 1.807) is 4.90 Å². The molecule has 1 aromatic carbocycles. The van der Waals surface area contributed by atoms with Crippen LogP contribution in [0.2, 0.25) is 0 Å². The van der Waals surface area contributed by atoms with Crippen molar-refractivity contribution >= 4 is 34.8 Å². The van der Waals surface area contributed by atoms with Gasteiger partial charge in [-0.15, -0.1) is 0 Å². The number of rotatable bonds is 22. The lowest BCUT2D eigenvalue weighted by Crippen LogP contribution is -2.47. The summed E-state index contributed by atoms with van der Waals surface area (Å²) in [6, 6.07) is 8.61. The fourth-order valence-corrected chi connectivity index (χ4v) is 7.03. The SMILES string of the molecule is CCCCC(CC(=O)[C@@H]1CCCN1C(=O)[C@@H](CCCC(C)C(C)C)C(C)(C)C)C(=O)C(=O)CCC(=O)C[C@H](C(=O)C(C)C)c1ccccc1. The lowest BCUT2D eigenvalue weighted by molar-refractivity contribution is -0.145. The minimum Gasteiger partial charge on any atom is -0.332 e. The molecule has 274 valence electrons. The van der Waals surface area contributed by atoms with Crippen LogP contribution in [0, 0.1) is 35.0 Å². The first kappa shape index (κ1) is 42.2. The van der Waals surface area contributed by atoms with Crippen molar-refractivity contribution in [3.8, 4) is 0 Å². The Kier molecular flexibility index (Phi) is 17.3. The number of carbonyl (C=O) groups is 6. The van der Waals surface area contributed by atoms with Crippen LogP contribution in [0.25, 0.3) is 0 Å². The number of benzene rings is 1. The Morgan fingerprint density at radius 3 is 2.06 bits per heavy atom. The Labute approximate surface area is 296 Å². The van der Waals surface area contributed by atoms with E-state index in [1.807, 2.05) is 51.1 Å². The molecule has 5 atom stereocenters. The molecule has 7 nitrogen and oxygen atoms in total. The van der Waals surface area contributed by atoms with Gasteiger partial charge in [-0.1, -0.05) is 118 Å². The second kappa shape index (κ2) is 20.0. The Bertz CT molecular complexity index is 1260. The van der Waals surface area contributed by atoms with E-state index in [2.05, 4.69) is 41.5 Å². The van der Waals surface area contributed by atoms with Crippen molar-refractivity contribution < 1.29 is 28.8 Å². The van der Waals surface area contributed by atoms with E-state index in [4.69, 9.17) is 0 Å². The molecule has 1 amide bonds. The van der Waals surface area contributed by atoms with E-state index in [-0.39, 0.29) is 66.2 Å². The molecule has 0 saturated carbocycles. The summed E-state index contributed by atoms with van der Waals surface area (Å²) >= 11 is 0. The van der Waals surface area contributed by atoms with Gasteiger partial charge in [0.15, 0.2) is 11.6 Å². The van der Waals surface area contributed by atoms with E-state index in [0.29, 0.717) is 37.6 Å². The third-order valence-electron chi connectivity index (χ3n) is 10.7. The molecule has 49 heavy (non-hydrogen) atoms. The van der Waals surface area contributed by atoms with Crippen LogP contribution in [0.4, 0.5) is 0 Å². The van der Waals surface area contributed by atoms with Gasteiger partial charge >= 0.3 is 0 Å². The molecule has 2 unspecified atom stereocenters. The highest BCUT2D eigenvalue weighted by Gasteiger charge is 2.41. The van der Waals surface area contributed by atoms with Crippen molar-refractivity contribution in [3.63, 3.8) is 0 Å². The molecule has 0 radical (unpaired) electrons. The lowest BCUT2D eigenvalue weighted by atomic mass is 9.76. The number of unbranched alkanes of at least 4 members (excludes halogenated alkanes) is 1. The normalized spacial score (nSPS) is 17.5. The standard InChI is InChI=1S/C42H65NO6/c1-10-11-18-32(40(48)37(45)24-23-33(44)27-34(39(47)29(4)5)31-19-13-12-14-20-31)26-38(46)36-22-16-25-43(36)41(49)35(42(7,8)9)21-15-17-30(6)28(2)3/h12-14,19-20,28-30,32,34-36H,10-11,15-18,21-27H2,1-9H3/t30?,32?,34-,35+,36-/m0/s1. The summed E-state index contributed by atoms with van der Waals surface area (Å²) in [5.41, 5.74) is 0.519. The highest BCUT2D eigenvalue weighted by atomic mass is 16.2. The Morgan fingerprint density at radius 2 is 1.49 bits per heavy atom. The second-order valence-electron chi connectivity index (χ2n) is 16.3. The highest BCUT2D eigenvalue weighted by molar-refractivity contribution is 6.38. The first-order valence-corrected chi connectivity index (χ1v) is 19.0. The first-order chi connectivity index (χ1) is 23.0. The van der Waals surface area contributed by atoms with Crippen LogP contribution in [-0.2, 0) is 28.8 Å². The monoisotopic (exact) mass is 679 g/mol. The summed E-state index contributed by atoms with van der Waals surface area (Å²) in [7, 11) is 0. The maximum atomic E-state index is 14.0. The highest BCUT2D eigenvalue weighted by Crippen LogP contribution is 2.36. The average molecular weight is 680 g/mol. The van der Waals surface area contributed by atoms with Gasteiger partial charge in [-0.3, -0.25) is 28.8 Å². The molecular weight excluding hydrogens is 614 g/mol. The molecule has 0 aliphatic carbocycles. The zero-order chi connectivity index (χ0) is 36.9. The van der Waals surface area contributed by atoms with Gasteiger partial charge in [0.2, 0.25) is 11.7 Å². The van der Waals surface area contributed by atoms with Crippen LogP contribution in [0.15, 0.2) is 30.3 Å². The van der Waals surface area contributed by atoms with Gasteiger partial charge < -0.3 is 4.90 Å². The molecule has 7 heteroatoms. The Morgan fingerprint density at radius 1 is 0.837 bits per heavy atom. The summed E-state index contributed by atoms with van der Waals surface area (Å²) in [6.07, 6.45) is 5.58. The third kappa shape index (κ3) is 13.0. The average Bonchev–Trinajstić information content (AvgIpc) is 3.55. The largest absolute Gasteiger partial charge is 0.332 e. The number of hydrogen-bond acceptors (Lipinski definition) is 6. The lowest BCUT2D eigenvalue weighted by Gasteiger charge is -2.35. The summed E-state index contributed by atoms with van der Waals surface area (Å²) in [6.45, 7) is 19.1. The summed E-state index contributed by atoms with van der Waals surface area (Å²) < 4.78 is 0. The van der Waals surface area contributed by atoms with Crippen molar-refractivity contribution in [1.82, 2.24) is 4.90 Å². The second-order valence-corrected chi connectivity index (χ2v) is 16.3. The predicted molar refractivity (Wildman–Crippen MR) is 196 cm³/mol. The van der Waals surface area contributed by atoms with Crippen LogP contribution in [0.3, 0.4) is 0 Å². The van der Waals surface area contributed by atoms with E-state index in [1.165, 1.54) is 0 Å². The number of likely N-dealkylation sites (tertiary alicyclic amines) is 1. The molecule has 1 fully saturated rings. The van der Waals surface area contributed by atoms with Crippen LogP contribution in [-0.4, -0.2) is 52.3 Å². The van der Waals surface area contributed by atoms with Gasteiger partial charge in [-0.2, -0.15) is 0 Å². The van der Waals surface area contributed by atoms with Crippen molar-refractivity contribution in [2.45, 2.75) is 151 Å². The van der Waals surface area contributed by atoms with Crippen LogP contribution >= 0.6 is 0 Å². The Hall–Kier alpha value is -2.96. The number of nitrogens with zero attached hydrogens (tertiary/aromatic N) is 1. The van der Waals surface area contributed by atoms with Gasteiger partial charge in [0.1, 0.15) is 11.6 Å². The molecule has 1 aliphatic heterocycles.